The highest BCUT2D eigenvalue weighted by Gasteiger charge is 2.27. The zero-order chi connectivity index (χ0) is 33.5. The molecule has 2 heterocycles. The molecule has 0 atom stereocenters. The molecule has 0 aliphatic heterocycles. The van der Waals surface area contributed by atoms with Gasteiger partial charge in [-0.3, -0.25) is 24.3 Å². The third-order valence-corrected chi connectivity index (χ3v) is 9.44. The number of nitro groups is 1. The fraction of sp³-hybridized carbons (Fsp3) is 0.323. The lowest BCUT2D eigenvalue weighted by Crippen LogP contribution is -2.24. The summed E-state index contributed by atoms with van der Waals surface area (Å²) in [5.74, 6) is -0.103. The first kappa shape index (κ1) is 33.4. The van der Waals surface area contributed by atoms with E-state index in [2.05, 4.69) is 20.8 Å². The lowest BCUT2D eigenvalue weighted by atomic mass is 9.95. The van der Waals surface area contributed by atoms with Crippen LogP contribution in [0.2, 0.25) is 0 Å². The molecule has 2 N–H and O–H groups in total. The van der Waals surface area contributed by atoms with Crippen molar-refractivity contribution in [3.63, 3.8) is 0 Å². The van der Waals surface area contributed by atoms with E-state index in [1.807, 2.05) is 0 Å². The highest BCUT2D eigenvalue weighted by atomic mass is 32.2. The second kappa shape index (κ2) is 15.1. The molecule has 47 heavy (non-hydrogen) atoms. The van der Waals surface area contributed by atoms with E-state index < -0.39 is 16.8 Å². The highest BCUT2D eigenvalue weighted by Crippen LogP contribution is 2.39. The summed E-state index contributed by atoms with van der Waals surface area (Å²) in [6, 6.07) is 10.5. The third-order valence-electron chi connectivity index (χ3n) is 7.31. The normalized spacial score (nSPS) is 12.1. The van der Waals surface area contributed by atoms with Gasteiger partial charge in [-0.2, -0.15) is 0 Å². The van der Waals surface area contributed by atoms with E-state index in [-0.39, 0.29) is 30.5 Å². The molecule has 0 saturated carbocycles. The first-order valence-corrected chi connectivity index (χ1v) is 16.5. The molecule has 0 spiro atoms. The van der Waals surface area contributed by atoms with Crippen LogP contribution in [0.1, 0.15) is 56.7 Å². The third kappa shape index (κ3) is 7.55. The van der Waals surface area contributed by atoms with Crippen LogP contribution in [-0.2, 0) is 28.9 Å². The Bertz CT molecular complexity index is 1800. The number of rotatable bonds is 13. The fourth-order valence-corrected chi connectivity index (χ4v) is 7.16. The number of aryl methyl sites for hydroxylation is 1. The average Bonchev–Trinajstić information content (AvgIpc) is 3.66. The van der Waals surface area contributed by atoms with E-state index in [4.69, 9.17) is 14.2 Å². The maximum Gasteiger partial charge on any atom is 0.341 e. The maximum absolute atomic E-state index is 13.2. The lowest BCUT2D eigenvalue weighted by Gasteiger charge is -2.13. The molecule has 1 aliphatic carbocycles. The van der Waals surface area contributed by atoms with Crippen LogP contribution in [-0.4, -0.2) is 64.1 Å². The highest BCUT2D eigenvalue weighted by molar-refractivity contribution is 7.99. The summed E-state index contributed by atoms with van der Waals surface area (Å²) in [5, 5.41) is 26.2. The van der Waals surface area contributed by atoms with Crippen LogP contribution in [0.15, 0.2) is 47.6 Å². The topological polar surface area (TPSA) is 177 Å². The zero-order valence-corrected chi connectivity index (χ0v) is 27.5. The Morgan fingerprint density at radius 3 is 2.49 bits per heavy atom. The molecule has 2 aromatic carbocycles. The summed E-state index contributed by atoms with van der Waals surface area (Å²) in [6.07, 6.45) is 3.60. The number of thioether (sulfide) groups is 1. The molecule has 0 fully saturated rings. The van der Waals surface area contributed by atoms with Gasteiger partial charge in [0.05, 0.1) is 43.6 Å². The number of nitrogens with zero attached hydrogens (tertiary/aromatic N) is 4. The predicted molar refractivity (Wildman–Crippen MR) is 175 cm³/mol. The van der Waals surface area contributed by atoms with Gasteiger partial charge in [-0.15, -0.1) is 21.5 Å². The van der Waals surface area contributed by atoms with Gasteiger partial charge in [0, 0.05) is 28.3 Å². The molecule has 2 aromatic heterocycles. The van der Waals surface area contributed by atoms with Crippen LogP contribution in [0.4, 0.5) is 10.7 Å². The standard InChI is InChI=1S/C31H32N6O8S2/c1-4-45-30(40)27-21-7-5-6-8-24(21)47-29(27)33-26(38)17-46-31-35-34-25(36(31)19-10-12-20(13-11-19)37(41)42)16-32-28(39)18-9-14-22(43-2)23(15-18)44-3/h9-15H,4-8,16-17H2,1-3H3,(H,32,39)(H,33,38). The molecule has 16 heteroatoms. The minimum absolute atomic E-state index is 0.0480. The van der Waals surface area contributed by atoms with Crippen molar-refractivity contribution in [1.29, 1.82) is 0 Å². The number of ether oxygens (including phenoxy) is 3. The molecule has 1 aliphatic rings. The van der Waals surface area contributed by atoms with Crippen molar-refractivity contribution in [1.82, 2.24) is 20.1 Å². The number of carbonyl (C=O) groups is 3. The molecule has 4 aromatic rings. The number of anilines is 1. The summed E-state index contributed by atoms with van der Waals surface area (Å²) >= 11 is 2.49. The number of thiophene rings is 1. The zero-order valence-electron chi connectivity index (χ0n) is 25.9. The largest absolute Gasteiger partial charge is 0.493 e. The summed E-state index contributed by atoms with van der Waals surface area (Å²) in [5.41, 5.74) is 2.09. The summed E-state index contributed by atoms with van der Waals surface area (Å²) in [6.45, 7) is 1.91. The number of methoxy groups -OCH3 is 2. The molecule has 0 radical (unpaired) electrons. The van der Waals surface area contributed by atoms with E-state index in [1.54, 1.807) is 29.7 Å². The Morgan fingerprint density at radius 2 is 1.79 bits per heavy atom. The molecular formula is C31H32N6O8S2. The smallest absolute Gasteiger partial charge is 0.341 e. The molecule has 14 nitrogen and oxygen atoms in total. The van der Waals surface area contributed by atoms with Crippen molar-refractivity contribution >= 4 is 51.6 Å². The number of amides is 2. The Hall–Kier alpha value is -4.96. The van der Waals surface area contributed by atoms with Crippen molar-refractivity contribution in [2.45, 2.75) is 44.3 Å². The van der Waals surface area contributed by atoms with Crippen LogP contribution < -0.4 is 20.1 Å². The number of hydrogen-bond acceptors (Lipinski definition) is 12. The molecule has 5 rings (SSSR count). The molecule has 246 valence electrons. The maximum atomic E-state index is 13.2. The first-order chi connectivity index (χ1) is 22.7. The van der Waals surface area contributed by atoms with E-state index in [0.717, 1.165) is 47.9 Å². The number of esters is 1. The number of aromatic nitrogens is 3. The number of fused-ring (bicyclic) bond motifs is 1. The SMILES string of the molecule is CCOC(=O)c1c(NC(=O)CSc2nnc(CNC(=O)c3ccc(OC)c(OC)c3)n2-c2ccc([N+](=O)[O-])cc2)sc2c1CCCC2. The second-order valence-electron chi connectivity index (χ2n) is 10.2. The van der Waals surface area contributed by atoms with Crippen molar-refractivity contribution in [2.75, 3.05) is 31.9 Å². The van der Waals surface area contributed by atoms with Gasteiger partial charge >= 0.3 is 5.97 Å². The van der Waals surface area contributed by atoms with Gasteiger partial charge in [0.2, 0.25) is 5.91 Å². The molecular weight excluding hydrogens is 649 g/mol. The molecule has 0 saturated heterocycles. The monoisotopic (exact) mass is 680 g/mol. The van der Waals surface area contributed by atoms with Gasteiger partial charge in [-0.25, -0.2) is 4.79 Å². The van der Waals surface area contributed by atoms with Gasteiger partial charge in [0.1, 0.15) is 5.00 Å². The Labute approximate surface area is 278 Å². The van der Waals surface area contributed by atoms with Crippen LogP contribution in [0.3, 0.4) is 0 Å². The van der Waals surface area contributed by atoms with Crippen LogP contribution >= 0.6 is 23.1 Å². The minimum Gasteiger partial charge on any atom is -0.493 e. The van der Waals surface area contributed by atoms with E-state index in [1.165, 1.54) is 49.8 Å². The van der Waals surface area contributed by atoms with E-state index in [0.29, 0.717) is 44.3 Å². The molecule has 2 amide bonds. The number of benzene rings is 2. The summed E-state index contributed by atoms with van der Waals surface area (Å²) < 4.78 is 17.4. The Kier molecular flexibility index (Phi) is 10.7. The Morgan fingerprint density at radius 1 is 1.04 bits per heavy atom. The molecule has 0 unspecified atom stereocenters. The number of hydrogen-bond donors (Lipinski definition) is 2. The molecule has 0 bridgehead atoms. The van der Waals surface area contributed by atoms with E-state index >= 15 is 0 Å². The van der Waals surface area contributed by atoms with Crippen LogP contribution in [0, 0.1) is 10.1 Å². The van der Waals surface area contributed by atoms with Gasteiger partial charge in [-0.1, -0.05) is 11.8 Å². The minimum atomic E-state index is -0.507. The Balaban J connectivity index is 1.35. The van der Waals surface area contributed by atoms with Crippen molar-refractivity contribution < 1.29 is 33.5 Å². The number of non-ortho nitro benzene ring substituents is 1. The van der Waals surface area contributed by atoms with Crippen molar-refractivity contribution in [2.24, 2.45) is 0 Å². The second-order valence-corrected chi connectivity index (χ2v) is 12.3. The quantitative estimate of drug-likeness (QED) is 0.0844. The van der Waals surface area contributed by atoms with E-state index in [9.17, 15) is 24.5 Å². The van der Waals surface area contributed by atoms with Gasteiger partial charge in [0.15, 0.2) is 22.5 Å². The van der Waals surface area contributed by atoms with Crippen LogP contribution in [0.5, 0.6) is 11.5 Å². The summed E-state index contributed by atoms with van der Waals surface area (Å²) in [7, 11) is 2.97. The van der Waals surface area contributed by atoms with Crippen LogP contribution in [0.25, 0.3) is 5.69 Å². The summed E-state index contributed by atoms with van der Waals surface area (Å²) in [4.78, 5) is 50.8. The first-order valence-electron chi connectivity index (χ1n) is 14.7. The van der Waals surface area contributed by atoms with Crippen molar-refractivity contribution in [3.8, 4) is 17.2 Å². The number of nitro benzene ring substituents is 1. The van der Waals surface area contributed by atoms with Crippen molar-refractivity contribution in [3.05, 3.63) is 80.0 Å². The predicted octanol–water partition coefficient (Wildman–Crippen LogP) is 4.97. The average molecular weight is 681 g/mol. The number of nitrogens with one attached hydrogen (secondary N) is 2. The van der Waals surface area contributed by atoms with Gasteiger partial charge in [-0.05, 0) is 68.5 Å². The number of carbonyl (C=O) groups excluding carboxylic acids is 3. The van der Waals surface area contributed by atoms with Gasteiger partial charge < -0.3 is 24.8 Å². The van der Waals surface area contributed by atoms with Gasteiger partial charge in [0.25, 0.3) is 11.6 Å². The lowest BCUT2D eigenvalue weighted by molar-refractivity contribution is -0.384. The fourth-order valence-electron chi connectivity index (χ4n) is 5.10.